The van der Waals surface area contributed by atoms with Gasteiger partial charge in [0.05, 0.1) is 6.54 Å². The van der Waals surface area contributed by atoms with Crippen LogP contribution < -0.4 is 4.80 Å². The molecule has 0 unspecified atom stereocenters. The van der Waals surface area contributed by atoms with Crippen LogP contribution in [0.3, 0.4) is 0 Å². The highest BCUT2D eigenvalue weighted by atomic mass is 32.1. The molecule has 1 heterocycles. The molecule has 0 bridgehead atoms. The number of aromatic nitrogens is 1. The van der Waals surface area contributed by atoms with Crippen molar-refractivity contribution in [3.05, 3.63) is 64.4 Å². The number of benzene rings is 2. The Morgan fingerprint density at radius 2 is 2.05 bits per heavy atom. The third kappa shape index (κ3) is 3.16. The van der Waals surface area contributed by atoms with Gasteiger partial charge in [-0.05, 0) is 16.3 Å². The molecule has 0 saturated carbocycles. The molecule has 2 aromatic carbocycles. The van der Waals surface area contributed by atoms with Crippen LogP contribution in [0.1, 0.15) is 5.56 Å². The van der Waals surface area contributed by atoms with Gasteiger partial charge in [-0.1, -0.05) is 42.5 Å². The summed E-state index contributed by atoms with van der Waals surface area (Å²) in [5.41, 5.74) is 1.21. The number of carbonyl (C=O) groups is 1. The number of hydrogen-bond acceptors (Lipinski definition) is 3. The Morgan fingerprint density at radius 1 is 1.23 bits per heavy atom. The van der Waals surface area contributed by atoms with E-state index in [1.54, 1.807) is 0 Å². The average Bonchev–Trinajstić information content (AvgIpc) is 2.95. The third-order valence-electron chi connectivity index (χ3n) is 3.37. The minimum atomic E-state index is -0.267. The first kappa shape index (κ1) is 14.7. The Kier molecular flexibility index (Phi) is 4.46. The van der Waals surface area contributed by atoms with E-state index in [2.05, 4.69) is 35.3 Å². The van der Waals surface area contributed by atoms with Gasteiger partial charge in [0, 0.05) is 18.7 Å². The van der Waals surface area contributed by atoms with Crippen molar-refractivity contribution >= 4 is 28.0 Å². The predicted octanol–water partition coefficient (Wildman–Crippen LogP) is 2.82. The molecule has 0 fully saturated rings. The summed E-state index contributed by atoms with van der Waals surface area (Å²) in [4.78, 5) is 16.4. The lowest BCUT2D eigenvalue weighted by Crippen LogP contribution is -2.18. The summed E-state index contributed by atoms with van der Waals surface area (Å²) in [5, 5.41) is 4.37. The van der Waals surface area contributed by atoms with Crippen molar-refractivity contribution < 1.29 is 9.53 Å². The molecule has 0 aliphatic carbocycles. The summed E-state index contributed by atoms with van der Waals surface area (Å²) in [5.74, 6) is -0.267. The summed E-state index contributed by atoms with van der Waals surface area (Å²) < 4.78 is 6.81. The Labute approximate surface area is 132 Å². The van der Waals surface area contributed by atoms with Crippen molar-refractivity contribution in [3.63, 3.8) is 0 Å². The van der Waals surface area contributed by atoms with Crippen molar-refractivity contribution in [2.75, 3.05) is 13.7 Å². The first-order valence-corrected chi connectivity index (χ1v) is 7.83. The number of thiazole rings is 1. The maximum atomic E-state index is 11.6. The molecule has 0 spiro atoms. The van der Waals surface area contributed by atoms with E-state index >= 15 is 0 Å². The zero-order valence-electron chi connectivity index (χ0n) is 12.2. The number of ether oxygens (including phenoxy) is 1. The van der Waals surface area contributed by atoms with Crippen molar-refractivity contribution in [2.24, 2.45) is 4.99 Å². The molecule has 0 N–H and O–H groups in total. The average molecular weight is 312 g/mol. The Morgan fingerprint density at radius 3 is 2.91 bits per heavy atom. The van der Waals surface area contributed by atoms with Crippen molar-refractivity contribution in [3.8, 4) is 0 Å². The lowest BCUT2D eigenvalue weighted by atomic mass is 10.0. The van der Waals surface area contributed by atoms with Gasteiger partial charge in [0.25, 0.3) is 5.91 Å². The number of rotatable bonds is 4. The molecular formula is C17H16N2O2S. The Balaban J connectivity index is 1.97. The van der Waals surface area contributed by atoms with E-state index in [1.165, 1.54) is 34.8 Å². The van der Waals surface area contributed by atoms with Crippen LogP contribution in [0.25, 0.3) is 10.8 Å². The van der Waals surface area contributed by atoms with Gasteiger partial charge in [-0.3, -0.25) is 4.79 Å². The van der Waals surface area contributed by atoms with E-state index in [1.807, 2.05) is 28.3 Å². The summed E-state index contributed by atoms with van der Waals surface area (Å²) in [6.07, 6.45) is 1.95. The van der Waals surface area contributed by atoms with E-state index in [0.29, 0.717) is 11.3 Å². The number of hydrogen-bond donors (Lipinski definition) is 0. The maximum absolute atomic E-state index is 11.6. The molecule has 0 radical (unpaired) electrons. The van der Waals surface area contributed by atoms with Gasteiger partial charge in [0.1, 0.15) is 6.61 Å². The van der Waals surface area contributed by atoms with Crippen LogP contribution in [0.4, 0.5) is 0 Å². The fourth-order valence-corrected chi connectivity index (χ4v) is 3.13. The molecular weight excluding hydrogens is 296 g/mol. The van der Waals surface area contributed by atoms with E-state index in [9.17, 15) is 4.79 Å². The van der Waals surface area contributed by atoms with Crippen molar-refractivity contribution in [1.82, 2.24) is 4.57 Å². The fourth-order valence-electron chi connectivity index (χ4n) is 2.38. The first-order chi connectivity index (χ1) is 10.8. The van der Waals surface area contributed by atoms with Crippen LogP contribution >= 0.6 is 11.3 Å². The molecule has 22 heavy (non-hydrogen) atoms. The molecule has 112 valence electrons. The predicted molar refractivity (Wildman–Crippen MR) is 87.8 cm³/mol. The Bertz CT molecular complexity index is 859. The number of fused-ring (bicyclic) bond motifs is 1. The van der Waals surface area contributed by atoms with Crippen LogP contribution in [0.5, 0.6) is 0 Å². The Hall–Kier alpha value is -2.24. The van der Waals surface area contributed by atoms with Gasteiger partial charge in [0.2, 0.25) is 0 Å². The molecule has 5 heteroatoms. The number of nitrogens with zero attached hydrogens (tertiary/aromatic N) is 2. The standard InChI is InChI=1S/C17H16N2O2S/c1-21-12-16(20)18-17-19(9-10-22-17)11-14-7-4-6-13-5-2-3-8-15(13)14/h2-10H,11-12H2,1H3. The molecule has 1 aromatic heterocycles. The molecule has 0 aliphatic heterocycles. The molecule has 3 aromatic rings. The topological polar surface area (TPSA) is 43.6 Å². The minimum Gasteiger partial charge on any atom is -0.375 e. The zero-order valence-corrected chi connectivity index (χ0v) is 13.0. The van der Waals surface area contributed by atoms with Gasteiger partial charge < -0.3 is 9.30 Å². The van der Waals surface area contributed by atoms with Crippen LogP contribution in [-0.4, -0.2) is 24.2 Å². The highest BCUT2D eigenvalue weighted by Crippen LogP contribution is 2.19. The quantitative estimate of drug-likeness (QED) is 0.743. The summed E-state index contributed by atoms with van der Waals surface area (Å²) in [7, 11) is 1.49. The minimum absolute atomic E-state index is 0.00612. The smallest absolute Gasteiger partial charge is 0.274 e. The van der Waals surface area contributed by atoms with E-state index in [-0.39, 0.29) is 12.5 Å². The summed E-state index contributed by atoms with van der Waals surface area (Å²) in [6, 6.07) is 14.6. The van der Waals surface area contributed by atoms with E-state index in [0.717, 1.165) is 0 Å². The second kappa shape index (κ2) is 6.68. The normalized spacial score (nSPS) is 12.0. The van der Waals surface area contributed by atoms with Crippen LogP contribution in [0.15, 0.2) is 59.0 Å². The molecule has 1 amide bonds. The van der Waals surface area contributed by atoms with Crippen LogP contribution in [-0.2, 0) is 16.1 Å². The highest BCUT2D eigenvalue weighted by Gasteiger charge is 2.04. The number of methoxy groups -OCH3 is 1. The second-order valence-electron chi connectivity index (χ2n) is 4.89. The molecule has 0 atom stereocenters. The van der Waals surface area contributed by atoms with Crippen molar-refractivity contribution in [2.45, 2.75) is 6.54 Å². The second-order valence-corrected chi connectivity index (χ2v) is 5.76. The fraction of sp³-hybridized carbons (Fsp3) is 0.176. The van der Waals surface area contributed by atoms with Gasteiger partial charge in [-0.2, -0.15) is 4.99 Å². The summed E-state index contributed by atoms with van der Waals surface area (Å²) in [6.45, 7) is 0.691. The molecule has 0 saturated heterocycles. The number of amides is 1. The van der Waals surface area contributed by atoms with Gasteiger partial charge >= 0.3 is 0 Å². The molecule has 0 aliphatic rings. The summed E-state index contributed by atoms with van der Waals surface area (Å²) >= 11 is 1.45. The third-order valence-corrected chi connectivity index (χ3v) is 4.16. The van der Waals surface area contributed by atoms with E-state index < -0.39 is 0 Å². The van der Waals surface area contributed by atoms with E-state index in [4.69, 9.17) is 4.74 Å². The van der Waals surface area contributed by atoms with Gasteiger partial charge in [-0.25, -0.2) is 0 Å². The maximum Gasteiger partial charge on any atom is 0.274 e. The largest absolute Gasteiger partial charge is 0.375 e. The lowest BCUT2D eigenvalue weighted by Gasteiger charge is -2.07. The van der Waals surface area contributed by atoms with Gasteiger partial charge in [0.15, 0.2) is 4.80 Å². The van der Waals surface area contributed by atoms with Crippen LogP contribution in [0.2, 0.25) is 0 Å². The SMILES string of the molecule is COCC(=O)N=c1sccn1Cc1cccc2ccccc12. The highest BCUT2D eigenvalue weighted by molar-refractivity contribution is 7.07. The zero-order chi connectivity index (χ0) is 15.4. The van der Waals surface area contributed by atoms with Crippen LogP contribution in [0, 0.1) is 0 Å². The monoisotopic (exact) mass is 312 g/mol. The lowest BCUT2D eigenvalue weighted by molar-refractivity contribution is -0.121. The first-order valence-electron chi connectivity index (χ1n) is 6.95. The number of carbonyl (C=O) groups excluding carboxylic acids is 1. The van der Waals surface area contributed by atoms with Gasteiger partial charge in [-0.15, -0.1) is 11.3 Å². The molecule has 4 nitrogen and oxygen atoms in total. The molecule has 3 rings (SSSR count). The van der Waals surface area contributed by atoms with Crippen molar-refractivity contribution in [1.29, 1.82) is 0 Å².